The molecule has 44 heavy (non-hydrogen) atoms. The van der Waals surface area contributed by atoms with Crippen molar-refractivity contribution in [1.82, 2.24) is 15.2 Å². The van der Waals surface area contributed by atoms with Gasteiger partial charge >= 0.3 is 0 Å². The molecular formula is C35H44FN3O4S. The number of nitrogens with zero attached hydrogens (tertiary/aromatic N) is 2. The van der Waals surface area contributed by atoms with E-state index in [0.717, 1.165) is 33.9 Å². The van der Waals surface area contributed by atoms with Gasteiger partial charge in [0.1, 0.15) is 11.6 Å². The van der Waals surface area contributed by atoms with Crippen LogP contribution in [0, 0.1) is 11.7 Å². The smallest absolute Gasteiger partial charge is 0.224 e. The summed E-state index contributed by atoms with van der Waals surface area (Å²) in [5, 5.41) is 3.96. The van der Waals surface area contributed by atoms with Gasteiger partial charge in [0.2, 0.25) is 5.91 Å². The predicted molar refractivity (Wildman–Crippen MR) is 173 cm³/mol. The molecule has 2 aromatic carbocycles. The number of morpholine rings is 1. The molecule has 1 aliphatic rings. The number of amides is 1. The lowest BCUT2D eigenvalue weighted by molar-refractivity contribution is -0.130. The van der Waals surface area contributed by atoms with E-state index in [1.807, 2.05) is 6.07 Å². The van der Waals surface area contributed by atoms with Gasteiger partial charge in [-0.05, 0) is 54.2 Å². The fraction of sp³-hybridized carbons (Fsp3) is 0.486. The van der Waals surface area contributed by atoms with Gasteiger partial charge in [0.15, 0.2) is 5.78 Å². The van der Waals surface area contributed by atoms with Crippen molar-refractivity contribution in [3.63, 3.8) is 0 Å². The van der Waals surface area contributed by atoms with Crippen LogP contribution in [0.3, 0.4) is 0 Å². The van der Waals surface area contributed by atoms with Gasteiger partial charge in [-0.15, -0.1) is 11.3 Å². The zero-order chi connectivity index (χ0) is 31.6. The van der Waals surface area contributed by atoms with Crippen LogP contribution >= 0.6 is 11.3 Å². The zero-order valence-corrected chi connectivity index (χ0v) is 26.9. The van der Waals surface area contributed by atoms with Crippen LogP contribution < -0.4 is 5.32 Å². The lowest BCUT2D eigenvalue weighted by Gasteiger charge is -2.27. The Morgan fingerprint density at radius 2 is 1.82 bits per heavy atom. The first-order chi connectivity index (χ1) is 21.1. The Balaban J connectivity index is 1.47. The van der Waals surface area contributed by atoms with Crippen LogP contribution in [0.1, 0.15) is 68.5 Å². The topological polar surface area (TPSA) is 88.6 Å². The molecule has 9 heteroatoms. The minimum atomic E-state index is -0.588. The van der Waals surface area contributed by atoms with Gasteiger partial charge in [-0.1, -0.05) is 45.5 Å². The molecule has 1 N–H and O–H groups in total. The Morgan fingerprint density at radius 3 is 2.50 bits per heavy atom. The number of hydrogen-bond acceptors (Lipinski definition) is 7. The van der Waals surface area contributed by atoms with Crippen LogP contribution in [0.5, 0.6) is 0 Å². The molecule has 2 atom stereocenters. The summed E-state index contributed by atoms with van der Waals surface area (Å²) in [4.78, 5) is 46.3. The third-order valence-electron chi connectivity index (χ3n) is 8.16. The largest absolute Gasteiger partial charge is 0.379 e. The Bertz CT molecular complexity index is 1450. The first kappa shape index (κ1) is 33.6. The molecule has 0 spiro atoms. The minimum absolute atomic E-state index is 0.0121. The highest BCUT2D eigenvalue weighted by Crippen LogP contribution is 2.28. The van der Waals surface area contributed by atoms with E-state index in [4.69, 9.17) is 9.72 Å². The van der Waals surface area contributed by atoms with E-state index in [9.17, 15) is 18.8 Å². The van der Waals surface area contributed by atoms with E-state index in [2.05, 4.69) is 42.8 Å². The second-order valence-electron chi connectivity index (χ2n) is 12.0. The van der Waals surface area contributed by atoms with Gasteiger partial charge in [-0.2, -0.15) is 0 Å². The standard InChI is InChI=1S/C35H44FN3O4S/c1-5-30(40)19-27(21-34-38-31-12-8-26(23(2)3)20-33(31)44-34)35(42)37-29(18-25-6-9-28(36)10-7-25)11-13-32(41)24(4)22-39-14-16-43-17-15-39/h6-10,12,20,23,27,29H,4-5,11,13-19,21-22H2,1-3H3,(H,37,42)/t27-,29+/m0/s1. The number of carbonyl (C=O) groups is 3. The normalized spacial score (nSPS) is 15.3. The van der Waals surface area contributed by atoms with Gasteiger partial charge in [0, 0.05) is 56.9 Å². The molecule has 0 radical (unpaired) electrons. The van der Waals surface area contributed by atoms with E-state index in [1.165, 1.54) is 17.7 Å². The van der Waals surface area contributed by atoms with Crippen molar-refractivity contribution in [1.29, 1.82) is 0 Å². The fourth-order valence-electron chi connectivity index (χ4n) is 5.37. The van der Waals surface area contributed by atoms with E-state index in [-0.39, 0.29) is 42.2 Å². The Hall–Kier alpha value is -3.27. The molecule has 1 fully saturated rings. The number of rotatable bonds is 16. The summed E-state index contributed by atoms with van der Waals surface area (Å²) in [5.74, 6) is -0.790. The molecule has 0 saturated carbocycles. The number of fused-ring (bicyclic) bond motifs is 1. The van der Waals surface area contributed by atoms with E-state index < -0.39 is 5.92 Å². The van der Waals surface area contributed by atoms with Crippen molar-refractivity contribution >= 4 is 39.0 Å². The molecule has 0 bridgehead atoms. The molecule has 3 aromatic rings. The summed E-state index contributed by atoms with van der Waals surface area (Å²) < 4.78 is 20.1. The van der Waals surface area contributed by atoms with E-state index in [0.29, 0.717) is 56.9 Å². The fourth-order valence-corrected chi connectivity index (χ4v) is 6.47. The number of Topliss-reactive ketones (excluding diaryl/α,β-unsaturated/α-hetero) is 2. The van der Waals surface area contributed by atoms with Crippen LogP contribution in [0.15, 0.2) is 54.6 Å². The Labute approximate surface area is 263 Å². The molecule has 7 nitrogen and oxygen atoms in total. The van der Waals surface area contributed by atoms with Crippen LogP contribution in [-0.4, -0.2) is 66.2 Å². The number of nitrogens with one attached hydrogen (secondary N) is 1. The molecule has 1 aliphatic heterocycles. The van der Waals surface area contributed by atoms with Crippen molar-refractivity contribution in [2.24, 2.45) is 5.92 Å². The van der Waals surface area contributed by atoms with Gasteiger partial charge in [-0.3, -0.25) is 19.3 Å². The molecule has 1 amide bonds. The highest BCUT2D eigenvalue weighted by atomic mass is 32.1. The van der Waals surface area contributed by atoms with Crippen LogP contribution in [0.2, 0.25) is 0 Å². The van der Waals surface area contributed by atoms with Crippen molar-refractivity contribution in [2.45, 2.75) is 71.3 Å². The van der Waals surface area contributed by atoms with E-state index >= 15 is 0 Å². The average Bonchev–Trinajstić information content (AvgIpc) is 3.42. The summed E-state index contributed by atoms with van der Waals surface area (Å²) in [6.45, 7) is 13.4. The highest BCUT2D eigenvalue weighted by molar-refractivity contribution is 7.18. The zero-order valence-electron chi connectivity index (χ0n) is 26.1. The maximum atomic E-state index is 13.8. The van der Waals surface area contributed by atoms with Crippen molar-refractivity contribution in [2.75, 3.05) is 32.8 Å². The Morgan fingerprint density at radius 1 is 1.09 bits per heavy atom. The second-order valence-corrected chi connectivity index (χ2v) is 13.1. The van der Waals surface area contributed by atoms with Gasteiger partial charge in [0.25, 0.3) is 0 Å². The maximum Gasteiger partial charge on any atom is 0.224 e. The summed E-state index contributed by atoms with van der Waals surface area (Å²) in [7, 11) is 0. The first-order valence-corrected chi connectivity index (χ1v) is 16.4. The van der Waals surface area contributed by atoms with Gasteiger partial charge in [-0.25, -0.2) is 9.37 Å². The number of ether oxygens (including phenoxy) is 1. The molecular weight excluding hydrogens is 577 g/mol. The monoisotopic (exact) mass is 621 g/mol. The van der Waals surface area contributed by atoms with Crippen LogP contribution in [0.25, 0.3) is 10.2 Å². The number of aromatic nitrogens is 1. The maximum absolute atomic E-state index is 13.8. The van der Waals surface area contributed by atoms with E-state index in [1.54, 1.807) is 30.4 Å². The van der Waals surface area contributed by atoms with Crippen molar-refractivity contribution in [3.8, 4) is 0 Å². The average molecular weight is 622 g/mol. The van der Waals surface area contributed by atoms with Crippen molar-refractivity contribution < 1.29 is 23.5 Å². The number of halogens is 1. The summed E-state index contributed by atoms with van der Waals surface area (Å²) in [5.41, 5.74) is 3.51. The lowest BCUT2D eigenvalue weighted by atomic mass is 9.94. The summed E-state index contributed by atoms with van der Waals surface area (Å²) in [6, 6.07) is 12.0. The molecule has 0 unspecified atom stereocenters. The minimum Gasteiger partial charge on any atom is -0.379 e. The van der Waals surface area contributed by atoms with Crippen LogP contribution in [0.4, 0.5) is 4.39 Å². The number of ketones is 2. The lowest BCUT2D eigenvalue weighted by Crippen LogP contribution is -2.42. The molecule has 2 heterocycles. The SMILES string of the molecule is C=C(CN1CCOCC1)C(=O)CC[C@H](Cc1ccc(F)cc1)NC(=O)[C@@H](CC(=O)CC)Cc1nc2ccc(C(C)C)cc2s1. The number of thiazole rings is 1. The number of hydrogen-bond donors (Lipinski definition) is 1. The quantitative estimate of drug-likeness (QED) is 0.196. The molecule has 1 saturated heterocycles. The first-order valence-electron chi connectivity index (χ1n) is 15.6. The van der Waals surface area contributed by atoms with Crippen LogP contribution in [-0.2, 0) is 32.0 Å². The third kappa shape index (κ3) is 9.87. The molecule has 4 rings (SSSR count). The number of benzene rings is 2. The van der Waals surface area contributed by atoms with Gasteiger partial charge < -0.3 is 10.1 Å². The summed E-state index contributed by atoms with van der Waals surface area (Å²) in [6.07, 6.45) is 1.88. The third-order valence-corrected chi connectivity index (χ3v) is 9.20. The molecule has 0 aliphatic carbocycles. The number of carbonyl (C=O) groups excluding carboxylic acids is 3. The highest BCUT2D eigenvalue weighted by Gasteiger charge is 2.26. The van der Waals surface area contributed by atoms with Crippen molar-refractivity contribution in [3.05, 3.63) is 76.6 Å². The van der Waals surface area contributed by atoms with Gasteiger partial charge in [0.05, 0.1) is 34.4 Å². The Kier molecular flexibility index (Phi) is 12.3. The molecule has 1 aromatic heterocycles. The predicted octanol–water partition coefficient (Wildman–Crippen LogP) is 6.05. The summed E-state index contributed by atoms with van der Waals surface area (Å²) >= 11 is 1.56. The molecule has 236 valence electrons. The second kappa shape index (κ2) is 16.2.